The molecule has 148 valence electrons. The van der Waals surface area contributed by atoms with Crippen LogP contribution in [0, 0.1) is 11.8 Å². The fraction of sp³-hybridized carbons (Fsp3) is 0.421. The molecule has 2 amide bonds. The third-order valence-corrected chi connectivity index (χ3v) is 5.74. The topological polar surface area (TPSA) is 93.6 Å². The van der Waals surface area contributed by atoms with E-state index in [2.05, 4.69) is 0 Å². The molecule has 6 nitrogen and oxygen atoms in total. The van der Waals surface area contributed by atoms with Crippen LogP contribution in [0.5, 0.6) is 0 Å². The highest BCUT2D eigenvalue weighted by Crippen LogP contribution is 2.42. The minimum absolute atomic E-state index is 0.0366. The molecule has 0 bridgehead atoms. The van der Waals surface area contributed by atoms with Gasteiger partial charge in [-0.15, -0.1) is 0 Å². The Morgan fingerprint density at radius 1 is 1.18 bits per heavy atom. The van der Waals surface area contributed by atoms with Gasteiger partial charge >= 0.3 is 11.8 Å². The smallest absolute Gasteiger partial charge is 0.416 e. The molecule has 4 rings (SSSR count). The van der Waals surface area contributed by atoms with Crippen molar-refractivity contribution in [3.63, 3.8) is 0 Å². The number of hydrogen-bond donors (Lipinski definition) is 1. The van der Waals surface area contributed by atoms with Gasteiger partial charge < -0.3 is 15.1 Å². The normalized spacial score (nSPS) is 24.5. The number of benzene rings is 1. The Kier molecular flexibility index (Phi) is 4.20. The number of carbonyl (C=O) groups is 2. The van der Waals surface area contributed by atoms with Gasteiger partial charge in [-0.05, 0) is 54.3 Å². The van der Waals surface area contributed by atoms with Gasteiger partial charge in [-0.2, -0.15) is 13.2 Å². The molecule has 0 spiro atoms. The predicted octanol–water partition coefficient (Wildman–Crippen LogP) is 2.54. The molecule has 28 heavy (non-hydrogen) atoms. The van der Waals surface area contributed by atoms with Crippen LogP contribution in [-0.2, 0) is 11.0 Å². The van der Waals surface area contributed by atoms with Gasteiger partial charge in [0.05, 0.1) is 10.9 Å². The van der Waals surface area contributed by atoms with Crippen LogP contribution in [0.15, 0.2) is 33.5 Å². The van der Waals surface area contributed by atoms with Crippen molar-refractivity contribution in [2.24, 2.45) is 17.6 Å². The van der Waals surface area contributed by atoms with Crippen LogP contribution in [-0.4, -0.2) is 29.3 Å². The average Bonchev–Trinajstić information content (AvgIpc) is 3.20. The van der Waals surface area contributed by atoms with Gasteiger partial charge in [0.2, 0.25) is 5.91 Å². The van der Waals surface area contributed by atoms with E-state index in [4.69, 9.17) is 10.2 Å². The largest absolute Gasteiger partial charge is 0.417 e. The maximum Gasteiger partial charge on any atom is 0.416 e. The minimum atomic E-state index is -4.59. The number of fused-ring (bicyclic) bond motifs is 2. The molecule has 2 heterocycles. The Morgan fingerprint density at radius 2 is 1.93 bits per heavy atom. The highest BCUT2D eigenvalue weighted by Gasteiger charge is 2.49. The van der Waals surface area contributed by atoms with Gasteiger partial charge in [0.15, 0.2) is 5.76 Å². The lowest BCUT2D eigenvalue weighted by Crippen LogP contribution is -2.46. The van der Waals surface area contributed by atoms with Crippen LogP contribution >= 0.6 is 0 Å². The standard InChI is InChI=1S/C19H17F3N2O4/c20-19(21,22)11-4-5-13-10(6-11)7-14(28-18(13)27)17(26)24-8-9-2-1-3-12(9)15(24)16(23)25/h4-7,9,12,15H,1-3,8H2,(H2,23,25)/t9-,12-,15-/m0/s1. The molecule has 2 aliphatic rings. The van der Waals surface area contributed by atoms with Gasteiger partial charge in [0.25, 0.3) is 5.91 Å². The number of nitrogens with two attached hydrogens (primary N) is 1. The molecule has 0 radical (unpaired) electrons. The SMILES string of the molecule is NC(=O)[C@@H]1[C@H]2CCC[C@H]2CN1C(=O)c1cc2cc(C(F)(F)F)ccc2c(=O)o1. The van der Waals surface area contributed by atoms with Crippen molar-refractivity contribution in [1.82, 2.24) is 4.90 Å². The Hall–Kier alpha value is -2.84. The first-order valence-corrected chi connectivity index (χ1v) is 8.92. The maximum absolute atomic E-state index is 13.0. The third kappa shape index (κ3) is 2.94. The van der Waals surface area contributed by atoms with E-state index in [9.17, 15) is 27.6 Å². The molecule has 2 aromatic rings. The van der Waals surface area contributed by atoms with Crippen molar-refractivity contribution >= 4 is 22.6 Å². The summed E-state index contributed by atoms with van der Waals surface area (Å²) in [5, 5.41) is -0.112. The van der Waals surface area contributed by atoms with E-state index in [1.807, 2.05) is 0 Å². The van der Waals surface area contributed by atoms with E-state index in [0.29, 0.717) is 6.54 Å². The van der Waals surface area contributed by atoms with E-state index in [-0.39, 0.29) is 22.6 Å². The van der Waals surface area contributed by atoms with Gasteiger partial charge in [0.1, 0.15) is 6.04 Å². The first kappa shape index (κ1) is 18.5. The summed E-state index contributed by atoms with van der Waals surface area (Å²) in [6, 6.07) is 2.91. The summed E-state index contributed by atoms with van der Waals surface area (Å²) < 4.78 is 44.0. The second-order valence-electron chi connectivity index (χ2n) is 7.36. The summed E-state index contributed by atoms with van der Waals surface area (Å²) in [7, 11) is 0. The van der Waals surface area contributed by atoms with Crippen LogP contribution in [0.25, 0.3) is 10.8 Å². The third-order valence-electron chi connectivity index (χ3n) is 5.74. The first-order chi connectivity index (χ1) is 13.2. The van der Waals surface area contributed by atoms with Crippen molar-refractivity contribution in [3.05, 3.63) is 46.0 Å². The van der Waals surface area contributed by atoms with Gasteiger partial charge in [-0.1, -0.05) is 6.42 Å². The molecule has 1 aliphatic carbocycles. The van der Waals surface area contributed by atoms with Crippen LogP contribution in [0.4, 0.5) is 13.2 Å². The lowest BCUT2D eigenvalue weighted by Gasteiger charge is -2.24. The van der Waals surface area contributed by atoms with E-state index in [0.717, 1.165) is 43.5 Å². The fourth-order valence-electron chi connectivity index (χ4n) is 4.50. The number of amides is 2. The zero-order valence-corrected chi connectivity index (χ0v) is 14.7. The molecule has 1 saturated carbocycles. The van der Waals surface area contributed by atoms with E-state index in [1.54, 1.807) is 0 Å². The van der Waals surface area contributed by atoms with Crippen molar-refractivity contribution in [1.29, 1.82) is 0 Å². The number of hydrogen-bond acceptors (Lipinski definition) is 4. The van der Waals surface area contributed by atoms with Gasteiger partial charge in [0, 0.05) is 6.54 Å². The van der Waals surface area contributed by atoms with Crippen LogP contribution in [0.2, 0.25) is 0 Å². The van der Waals surface area contributed by atoms with E-state index < -0.39 is 41.0 Å². The molecular weight excluding hydrogens is 377 g/mol. The molecule has 3 atom stereocenters. The van der Waals surface area contributed by atoms with Crippen LogP contribution < -0.4 is 11.4 Å². The highest BCUT2D eigenvalue weighted by molar-refractivity contribution is 5.98. The first-order valence-electron chi connectivity index (χ1n) is 8.92. The van der Waals surface area contributed by atoms with Gasteiger partial charge in [-0.25, -0.2) is 4.79 Å². The number of rotatable bonds is 2. The number of carbonyl (C=O) groups excluding carboxylic acids is 2. The Labute approximate surface area is 157 Å². The van der Waals surface area contributed by atoms with E-state index in [1.165, 1.54) is 4.90 Å². The summed E-state index contributed by atoms with van der Waals surface area (Å²) in [6.45, 7) is 0.307. The molecule has 1 saturated heterocycles. The summed E-state index contributed by atoms with van der Waals surface area (Å²) >= 11 is 0. The van der Waals surface area contributed by atoms with Gasteiger partial charge in [-0.3, -0.25) is 9.59 Å². The van der Waals surface area contributed by atoms with Crippen LogP contribution in [0.1, 0.15) is 35.4 Å². The zero-order valence-electron chi connectivity index (χ0n) is 14.7. The Bertz CT molecular complexity index is 1030. The van der Waals surface area contributed by atoms with Crippen molar-refractivity contribution < 1.29 is 27.2 Å². The Balaban J connectivity index is 1.75. The molecule has 9 heteroatoms. The lowest BCUT2D eigenvalue weighted by atomic mass is 9.94. The maximum atomic E-state index is 13.0. The highest BCUT2D eigenvalue weighted by atomic mass is 19.4. The summed E-state index contributed by atoms with van der Waals surface area (Å²) in [4.78, 5) is 38.3. The average molecular weight is 394 g/mol. The fourth-order valence-corrected chi connectivity index (χ4v) is 4.50. The molecule has 0 unspecified atom stereocenters. The second-order valence-corrected chi connectivity index (χ2v) is 7.36. The summed E-state index contributed by atoms with van der Waals surface area (Å²) in [5.74, 6) is -1.64. The van der Waals surface area contributed by atoms with Crippen molar-refractivity contribution in [2.45, 2.75) is 31.5 Å². The van der Waals surface area contributed by atoms with Crippen molar-refractivity contribution in [2.75, 3.05) is 6.54 Å². The quantitative estimate of drug-likeness (QED) is 0.847. The number of primary amides is 1. The zero-order chi connectivity index (χ0) is 20.2. The molecule has 2 N–H and O–H groups in total. The number of halogens is 3. The monoisotopic (exact) mass is 394 g/mol. The molecule has 1 aromatic carbocycles. The Morgan fingerprint density at radius 3 is 2.61 bits per heavy atom. The number of alkyl halides is 3. The molecule has 1 aromatic heterocycles. The number of likely N-dealkylation sites (tertiary alicyclic amines) is 1. The summed E-state index contributed by atoms with van der Waals surface area (Å²) in [6.07, 6.45) is -1.99. The molecule has 1 aliphatic heterocycles. The minimum Gasteiger partial charge on any atom is -0.417 e. The van der Waals surface area contributed by atoms with E-state index >= 15 is 0 Å². The number of nitrogens with zero attached hydrogens (tertiary/aromatic N) is 1. The van der Waals surface area contributed by atoms with Crippen molar-refractivity contribution in [3.8, 4) is 0 Å². The lowest BCUT2D eigenvalue weighted by molar-refractivity contribution is -0.137. The second kappa shape index (κ2) is 6.35. The van der Waals surface area contributed by atoms with Crippen LogP contribution in [0.3, 0.4) is 0 Å². The molecule has 2 fully saturated rings. The molecular formula is C19H17F3N2O4. The predicted molar refractivity (Wildman–Crippen MR) is 92.3 cm³/mol. The summed E-state index contributed by atoms with van der Waals surface area (Å²) in [5.41, 5.74) is 3.65.